The Bertz CT molecular complexity index is 343. The standard InChI is InChI=1S/C6H4F2N4/c7-4-1-3(2-9)5(8)11-6(4)12-10/h1H,10H2,(H,11,12). The third-order valence-corrected chi connectivity index (χ3v) is 1.19. The van der Waals surface area contributed by atoms with E-state index in [4.69, 9.17) is 11.1 Å². The molecule has 0 saturated carbocycles. The lowest BCUT2D eigenvalue weighted by Gasteiger charge is -2.00. The molecule has 0 aromatic carbocycles. The summed E-state index contributed by atoms with van der Waals surface area (Å²) in [6.07, 6.45) is 0. The van der Waals surface area contributed by atoms with Gasteiger partial charge in [0.2, 0.25) is 5.95 Å². The Morgan fingerprint density at radius 1 is 1.58 bits per heavy atom. The van der Waals surface area contributed by atoms with Crippen molar-refractivity contribution in [2.24, 2.45) is 5.84 Å². The monoisotopic (exact) mass is 170 g/mol. The van der Waals surface area contributed by atoms with Crippen LogP contribution in [0.5, 0.6) is 0 Å². The van der Waals surface area contributed by atoms with Gasteiger partial charge in [-0.1, -0.05) is 0 Å². The Balaban J connectivity index is 3.28. The SMILES string of the molecule is N#Cc1cc(F)c(NN)nc1F. The number of halogens is 2. The van der Waals surface area contributed by atoms with Crippen LogP contribution in [0.15, 0.2) is 6.07 Å². The Morgan fingerprint density at radius 3 is 2.75 bits per heavy atom. The Kier molecular flexibility index (Phi) is 2.16. The van der Waals surface area contributed by atoms with Crippen molar-refractivity contribution < 1.29 is 8.78 Å². The zero-order valence-electron chi connectivity index (χ0n) is 5.81. The maximum Gasteiger partial charge on any atom is 0.232 e. The van der Waals surface area contributed by atoms with Gasteiger partial charge < -0.3 is 5.43 Å². The first kappa shape index (κ1) is 8.36. The molecule has 3 N–H and O–H groups in total. The second-order valence-electron chi connectivity index (χ2n) is 1.91. The fourth-order valence-corrected chi connectivity index (χ4v) is 0.646. The molecule has 0 aliphatic heterocycles. The predicted octanol–water partition coefficient (Wildman–Crippen LogP) is 0.517. The van der Waals surface area contributed by atoms with Crippen LogP contribution in [0.1, 0.15) is 5.56 Å². The first-order valence-corrected chi connectivity index (χ1v) is 2.91. The molecule has 62 valence electrons. The number of hydrogen-bond donors (Lipinski definition) is 2. The van der Waals surface area contributed by atoms with Gasteiger partial charge >= 0.3 is 0 Å². The van der Waals surface area contributed by atoms with Gasteiger partial charge in [-0.15, -0.1) is 0 Å². The van der Waals surface area contributed by atoms with Crippen molar-refractivity contribution in [3.63, 3.8) is 0 Å². The number of pyridine rings is 1. The van der Waals surface area contributed by atoms with Crippen molar-refractivity contribution in [3.8, 4) is 6.07 Å². The maximum absolute atomic E-state index is 12.7. The first-order chi connectivity index (χ1) is 5.69. The van der Waals surface area contributed by atoms with Crippen LogP contribution in [0.4, 0.5) is 14.6 Å². The summed E-state index contributed by atoms with van der Waals surface area (Å²) in [6, 6.07) is 2.16. The van der Waals surface area contributed by atoms with Crippen molar-refractivity contribution in [1.29, 1.82) is 5.26 Å². The van der Waals surface area contributed by atoms with Gasteiger partial charge in [0.25, 0.3) is 0 Å². The number of nitrogens with one attached hydrogen (secondary N) is 1. The second-order valence-corrected chi connectivity index (χ2v) is 1.91. The summed E-state index contributed by atoms with van der Waals surface area (Å²) in [5.41, 5.74) is 1.40. The number of nitrogens with zero attached hydrogens (tertiary/aromatic N) is 2. The number of nitriles is 1. The van der Waals surface area contributed by atoms with Gasteiger partial charge in [-0.05, 0) is 0 Å². The average Bonchev–Trinajstić information content (AvgIpc) is 2.08. The molecule has 1 heterocycles. The lowest BCUT2D eigenvalue weighted by molar-refractivity contribution is 0.559. The summed E-state index contributed by atoms with van der Waals surface area (Å²) in [5, 5.41) is 8.26. The molecule has 6 heteroatoms. The average molecular weight is 170 g/mol. The summed E-state index contributed by atoms with van der Waals surface area (Å²) >= 11 is 0. The molecule has 0 bridgehead atoms. The molecule has 0 fully saturated rings. The van der Waals surface area contributed by atoms with Crippen LogP contribution in [0.25, 0.3) is 0 Å². The van der Waals surface area contributed by atoms with Crippen LogP contribution in [0, 0.1) is 23.1 Å². The van der Waals surface area contributed by atoms with E-state index in [9.17, 15) is 8.78 Å². The van der Waals surface area contributed by atoms with Crippen molar-refractivity contribution in [1.82, 2.24) is 4.98 Å². The van der Waals surface area contributed by atoms with E-state index in [1.807, 2.05) is 5.43 Å². The number of anilines is 1. The fraction of sp³-hybridized carbons (Fsp3) is 0. The molecular weight excluding hydrogens is 166 g/mol. The predicted molar refractivity (Wildman–Crippen MR) is 36.7 cm³/mol. The molecule has 1 aromatic heterocycles. The molecule has 0 amide bonds. The number of hydrogen-bond acceptors (Lipinski definition) is 4. The second kappa shape index (κ2) is 3.11. The normalized spacial score (nSPS) is 9.17. The third kappa shape index (κ3) is 1.31. The number of aromatic nitrogens is 1. The highest BCUT2D eigenvalue weighted by Crippen LogP contribution is 2.13. The topological polar surface area (TPSA) is 74.7 Å². The number of nitrogens with two attached hydrogens (primary N) is 1. The zero-order chi connectivity index (χ0) is 9.14. The third-order valence-electron chi connectivity index (χ3n) is 1.19. The van der Waals surface area contributed by atoms with E-state index >= 15 is 0 Å². The quantitative estimate of drug-likeness (QED) is 0.366. The number of rotatable bonds is 1. The summed E-state index contributed by atoms with van der Waals surface area (Å²) < 4.78 is 25.3. The van der Waals surface area contributed by atoms with E-state index in [0.717, 1.165) is 6.07 Å². The Morgan fingerprint density at radius 2 is 2.25 bits per heavy atom. The highest BCUT2D eigenvalue weighted by Gasteiger charge is 2.09. The van der Waals surface area contributed by atoms with E-state index in [1.165, 1.54) is 6.07 Å². The van der Waals surface area contributed by atoms with Crippen molar-refractivity contribution in [2.45, 2.75) is 0 Å². The van der Waals surface area contributed by atoms with Crippen LogP contribution in [0.2, 0.25) is 0 Å². The Labute approximate surface area is 66.6 Å². The van der Waals surface area contributed by atoms with E-state index in [2.05, 4.69) is 4.98 Å². The molecular formula is C6H4F2N4. The summed E-state index contributed by atoms with van der Waals surface area (Å²) in [5.74, 6) is 2.47. The van der Waals surface area contributed by atoms with Gasteiger partial charge in [-0.2, -0.15) is 14.6 Å². The molecule has 0 aliphatic carbocycles. The molecule has 4 nitrogen and oxygen atoms in total. The van der Waals surface area contributed by atoms with Crippen molar-refractivity contribution >= 4 is 5.82 Å². The van der Waals surface area contributed by atoms with Crippen LogP contribution >= 0.6 is 0 Å². The van der Waals surface area contributed by atoms with Crippen LogP contribution < -0.4 is 11.3 Å². The lowest BCUT2D eigenvalue weighted by atomic mass is 10.3. The van der Waals surface area contributed by atoms with Gasteiger partial charge in [0.05, 0.1) is 0 Å². The van der Waals surface area contributed by atoms with E-state index in [1.54, 1.807) is 0 Å². The Hall–Kier alpha value is -1.74. The molecule has 0 saturated heterocycles. The zero-order valence-corrected chi connectivity index (χ0v) is 5.81. The lowest BCUT2D eigenvalue weighted by Crippen LogP contribution is -2.11. The first-order valence-electron chi connectivity index (χ1n) is 2.91. The van der Waals surface area contributed by atoms with E-state index in [-0.39, 0.29) is 0 Å². The molecule has 12 heavy (non-hydrogen) atoms. The molecule has 1 aromatic rings. The van der Waals surface area contributed by atoms with Crippen LogP contribution in [-0.2, 0) is 0 Å². The number of nitrogen functional groups attached to an aromatic ring is 1. The summed E-state index contributed by atoms with van der Waals surface area (Å²) in [4.78, 5) is 3.06. The van der Waals surface area contributed by atoms with E-state index in [0.29, 0.717) is 0 Å². The molecule has 0 unspecified atom stereocenters. The van der Waals surface area contributed by atoms with Gasteiger partial charge in [-0.25, -0.2) is 10.2 Å². The highest BCUT2D eigenvalue weighted by molar-refractivity contribution is 5.40. The molecule has 0 atom stereocenters. The largest absolute Gasteiger partial charge is 0.306 e. The van der Waals surface area contributed by atoms with Crippen LogP contribution in [0.3, 0.4) is 0 Å². The smallest absolute Gasteiger partial charge is 0.232 e. The minimum Gasteiger partial charge on any atom is -0.306 e. The minimum atomic E-state index is -1.05. The number of hydrazine groups is 1. The summed E-state index contributed by atoms with van der Waals surface area (Å²) in [6.45, 7) is 0. The van der Waals surface area contributed by atoms with Crippen molar-refractivity contribution in [3.05, 3.63) is 23.4 Å². The molecule has 0 aliphatic rings. The molecule has 0 spiro atoms. The van der Waals surface area contributed by atoms with Gasteiger partial charge in [0.1, 0.15) is 11.6 Å². The van der Waals surface area contributed by atoms with Crippen LogP contribution in [-0.4, -0.2) is 4.98 Å². The van der Waals surface area contributed by atoms with E-state index < -0.39 is 23.1 Å². The van der Waals surface area contributed by atoms with Gasteiger partial charge in [-0.3, -0.25) is 0 Å². The van der Waals surface area contributed by atoms with Gasteiger partial charge in [0, 0.05) is 6.07 Å². The highest BCUT2D eigenvalue weighted by atomic mass is 19.1. The molecule has 1 rings (SSSR count). The summed E-state index contributed by atoms with van der Waals surface area (Å²) in [7, 11) is 0. The fourth-order valence-electron chi connectivity index (χ4n) is 0.646. The van der Waals surface area contributed by atoms with Crippen molar-refractivity contribution in [2.75, 3.05) is 5.43 Å². The molecule has 0 radical (unpaired) electrons. The maximum atomic E-state index is 12.7. The minimum absolute atomic E-state index is 0.425. The van der Waals surface area contributed by atoms with Gasteiger partial charge in [0.15, 0.2) is 11.6 Å².